The van der Waals surface area contributed by atoms with Gasteiger partial charge in [0.1, 0.15) is 5.82 Å². The number of halogens is 1. The first-order chi connectivity index (χ1) is 5.62. The van der Waals surface area contributed by atoms with Gasteiger partial charge < -0.3 is 5.11 Å². The van der Waals surface area contributed by atoms with E-state index in [0.717, 1.165) is 24.0 Å². The summed E-state index contributed by atoms with van der Waals surface area (Å²) in [5.41, 5.74) is 1.01. The van der Waals surface area contributed by atoms with Crippen molar-refractivity contribution in [2.24, 2.45) is 0 Å². The molecule has 0 aliphatic heterocycles. The molecule has 1 aliphatic rings. The van der Waals surface area contributed by atoms with Gasteiger partial charge in [-0.1, -0.05) is 6.07 Å². The second-order valence-electron chi connectivity index (χ2n) is 3.49. The zero-order valence-electron chi connectivity index (χ0n) is 6.97. The lowest BCUT2D eigenvalue weighted by Crippen LogP contribution is -2.06. The first-order valence-electron chi connectivity index (χ1n) is 4.11. The van der Waals surface area contributed by atoms with Crippen LogP contribution in [-0.4, -0.2) is 5.11 Å². The predicted molar refractivity (Wildman–Crippen MR) is 44.3 cm³/mol. The summed E-state index contributed by atoms with van der Waals surface area (Å²) in [7, 11) is 0. The van der Waals surface area contributed by atoms with Gasteiger partial charge in [0.05, 0.1) is 5.60 Å². The Hall–Kier alpha value is -0.890. The van der Waals surface area contributed by atoms with Gasteiger partial charge in [-0.15, -0.1) is 0 Å². The van der Waals surface area contributed by atoms with Crippen molar-refractivity contribution >= 4 is 0 Å². The second kappa shape index (κ2) is 2.30. The highest BCUT2D eigenvalue weighted by Crippen LogP contribution is 2.46. The molecule has 0 aromatic heterocycles. The molecule has 64 valence electrons. The van der Waals surface area contributed by atoms with E-state index in [1.807, 2.05) is 6.92 Å². The first kappa shape index (κ1) is 7.74. The number of hydrogen-bond donors (Lipinski definition) is 1. The Bertz CT molecular complexity index is 316. The second-order valence-corrected chi connectivity index (χ2v) is 3.49. The number of aliphatic hydroxyl groups is 1. The molecular weight excluding hydrogens is 155 g/mol. The molecule has 1 fully saturated rings. The smallest absolute Gasteiger partial charge is 0.123 e. The molecule has 2 heteroatoms. The molecule has 2 rings (SSSR count). The van der Waals surface area contributed by atoms with E-state index >= 15 is 0 Å². The number of hydrogen-bond acceptors (Lipinski definition) is 1. The molecule has 0 amide bonds. The molecule has 0 bridgehead atoms. The molecule has 0 saturated heterocycles. The molecular formula is C10H11FO. The largest absolute Gasteiger partial charge is 0.385 e. The molecule has 1 aliphatic carbocycles. The summed E-state index contributed by atoms with van der Waals surface area (Å²) in [4.78, 5) is 0. The Morgan fingerprint density at radius 1 is 1.42 bits per heavy atom. The minimum Gasteiger partial charge on any atom is -0.385 e. The Kier molecular flexibility index (Phi) is 1.48. The molecule has 1 N–H and O–H groups in total. The molecule has 1 aromatic rings. The molecule has 0 unspecified atom stereocenters. The van der Waals surface area contributed by atoms with E-state index in [4.69, 9.17) is 0 Å². The van der Waals surface area contributed by atoms with Crippen LogP contribution < -0.4 is 0 Å². The van der Waals surface area contributed by atoms with Crippen LogP contribution in [0.1, 0.15) is 24.0 Å². The van der Waals surface area contributed by atoms with Crippen molar-refractivity contribution in [2.45, 2.75) is 25.4 Å². The van der Waals surface area contributed by atoms with Gasteiger partial charge in [0, 0.05) is 0 Å². The highest BCUT2D eigenvalue weighted by Gasteiger charge is 2.43. The van der Waals surface area contributed by atoms with Crippen LogP contribution in [0.15, 0.2) is 18.2 Å². The van der Waals surface area contributed by atoms with Gasteiger partial charge in [0.2, 0.25) is 0 Å². The highest BCUT2D eigenvalue weighted by molar-refractivity contribution is 5.35. The molecule has 1 aromatic carbocycles. The highest BCUT2D eigenvalue weighted by atomic mass is 19.1. The van der Waals surface area contributed by atoms with E-state index < -0.39 is 5.60 Å². The van der Waals surface area contributed by atoms with Crippen LogP contribution in [0, 0.1) is 12.7 Å². The number of benzene rings is 1. The van der Waals surface area contributed by atoms with Gasteiger partial charge in [-0.2, -0.15) is 0 Å². The fourth-order valence-electron chi connectivity index (χ4n) is 1.48. The summed E-state index contributed by atoms with van der Waals surface area (Å²) in [6.45, 7) is 1.89. The van der Waals surface area contributed by atoms with E-state index in [0.29, 0.717) is 0 Å². The van der Waals surface area contributed by atoms with Crippen molar-refractivity contribution < 1.29 is 9.50 Å². The maximum absolute atomic E-state index is 12.8. The van der Waals surface area contributed by atoms with E-state index in [2.05, 4.69) is 0 Å². The Morgan fingerprint density at radius 3 is 2.67 bits per heavy atom. The van der Waals surface area contributed by atoms with Crippen LogP contribution in [0.2, 0.25) is 0 Å². The summed E-state index contributed by atoms with van der Waals surface area (Å²) in [6.07, 6.45) is 1.52. The van der Waals surface area contributed by atoms with Crippen LogP contribution >= 0.6 is 0 Å². The van der Waals surface area contributed by atoms with Crippen molar-refractivity contribution in [3.63, 3.8) is 0 Å². The predicted octanol–water partition coefficient (Wildman–Crippen LogP) is 2.12. The third-order valence-corrected chi connectivity index (χ3v) is 2.42. The lowest BCUT2D eigenvalue weighted by atomic mass is 10.0. The summed E-state index contributed by atoms with van der Waals surface area (Å²) in [5.74, 6) is -0.268. The lowest BCUT2D eigenvalue weighted by Gasteiger charge is -2.10. The average molecular weight is 166 g/mol. The summed E-state index contributed by atoms with van der Waals surface area (Å²) >= 11 is 0. The Balaban J connectivity index is 2.48. The summed E-state index contributed by atoms with van der Waals surface area (Å²) in [6, 6.07) is 4.56. The normalized spacial score (nSPS) is 19.2. The maximum atomic E-state index is 12.8. The van der Waals surface area contributed by atoms with Crippen molar-refractivity contribution in [1.82, 2.24) is 0 Å². The molecule has 0 radical (unpaired) electrons. The number of aryl methyl sites for hydroxylation is 1. The summed E-state index contributed by atoms with van der Waals surface area (Å²) < 4.78 is 12.8. The van der Waals surface area contributed by atoms with Crippen molar-refractivity contribution in [3.05, 3.63) is 35.1 Å². The summed E-state index contributed by atoms with van der Waals surface area (Å²) in [5, 5.41) is 9.74. The third-order valence-electron chi connectivity index (χ3n) is 2.42. The van der Waals surface area contributed by atoms with Gasteiger partial charge in [0.25, 0.3) is 0 Å². The van der Waals surface area contributed by atoms with Gasteiger partial charge in [-0.25, -0.2) is 4.39 Å². The molecule has 0 spiro atoms. The average Bonchev–Trinajstić information content (AvgIpc) is 2.75. The zero-order chi connectivity index (χ0) is 8.77. The van der Waals surface area contributed by atoms with Gasteiger partial charge in [-0.3, -0.25) is 0 Å². The van der Waals surface area contributed by atoms with E-state index in [1.165, 1.54) is 12.1 Å². The van der Waals surface area contributed by atoms with Crippen molar-refractivity contribution in [1.29, 1.82) is 0 Å². The van der Waals surface area contributed by atoms with Crippen molar-refractivity contribution in [2.75, 3.05) is 0 Å². The minimum absolute atomic E-state index is 0.268. The molecule has 0 atom stereocenters. The van der Waals surface area contributed by atoms with Crippen molar-refractivity contribution in [3.8, 4) is 0 Å². The van der Waals surface area contributed by atoms with E-state index in [-0.39, 0.29) is 5.82 Å². The van der Waals surface area contributed by atoms with Crippen LogP contribution in [-0.2, 0) is 5.60 Å². The molecule has 12 heavy (non-hydrogen) atoms. The van der Waals surface area contributed by atoms with Gasteiger partial charge >= 0.3 is 0 Å². The topological polar surface area (TPSA) is 20.2 Å². The minimum atomic E-state index is -0.716. The number of rotatable bonds is 1. The van der Waals surface area contributed by atoms with E-state index in [1.54, 1.807) is 6.07 Å². The fourth-order valence-corrected chi connectivity index (χ4v) is 1.48. The van der Waals surface area contributed by atoms with Crippen LogP contribution in [0.3, 0.4) is 0 Å². The Labute approximate surface area is 70.8 Å². The first-order valence-corrected chi connectivity index (χ1v) is 4.11. The van der Waals surface area contributed by atoms with Crippen LogP contribution in [0.4, 0.5) is 4.39 Å². The molecule has 0 heterocycles. The van der Waals surface area contributed by atoms with Gasteiger partial charge in [0.15, 0.2) is 0 Å². The van der Waals surface area contributed by atoms with Gasteiger partial charge in [-0.05, 0) is 43.0 Å². The van der Waals surface area contributed by atoms with Crippen LogP contribution in [0.25, 0.3) is 0 Å². The van der Waals surface area contributed by atoms with Crippen LogP contribution in [0.5, 0.6) is 0 Å². The fraction of sp³-hybridized carbons (Fsp3) is 0.400. The standard InChI is InChI=1S/C10H11FO/c1-7-2-3-8(11)6-9(7)10(12)4-5-10/h2-3,6,12H,4-5H2,1H3. The van der Waals surface area contributed by atoms with E-state index in [9.17, 15) is 9.50 Å². The molecule has 1 nitrogen and oxygen atoms in total. The monoisotopic (exact) mass is 166 g/mol. The quantitative estimate of drug-likeness (QED) is 0.677. The Morgan fingerprint density at radius 2 is 2.08 bits per heavy atom. The SMILES string of the molecule is Cc1ccc(F)cc1C1(O)CC1. The third kappa shape index (κ3) is 1.12. The zero-order valence-corrected chi connectivity index (χ0v) is 6.97. The molecule has 1 saturated carbocycles. The maximum Gasteiger partial charge on any atom is 0.123 e. The lowest BCUT2D eigenvalue weighted by molar-refractivity contribution is 0.150.